The molecule has 47 heavy (non-hydrogen) atoms. The van der Waals surface area contributed by atoms with E-state index in [-0.39, 0.29) is 22.3 Å². The Morgan fingerprint density at radius 2 is 1.70 bits per heavy atom. The second kappa shape index (κ2) is 13.3. The summed E-state index contributed by atoms with van der Waals surface area (Å²) in [5, 5.41) is 20.4. The van der Waals surface area contributed by atoms with Crippen LogP contribution in [0.4, 0.5) is 9.52 Å². The summed E-state index contributed by atoms with van der Waals surface area (Å²) in [4.78, 5) is 28.7. The summed E-state index contributed by atoms with van der Waals surface area (Å²) in [6.07, 6.45) is 0. The zero-order valence-corrected chi connectivity index (χ0v) is 26.3. The van der Waals surface area contributed by atoms with Gasteiger partial charge in [-0.25, -0.2) is 4.39 Å². The van der Waals surface area contributed by atoms with E-state index in [9.17, 15) is 19.1 Å². The number of aliphatic hydroxyl groups is 1. The van der Waals surface area contributed by atoms with E-state index in [0.29, 0.717) is 58.3 Å². The molecular weight excluding hydrogens is 642 g/mol. The number of hydrogen-bond acceptors (Lipinski definition) is 10. The third-order valence-corrected chi connectivity index (χ3v) is 9.69. The highest BCUT2D eigenvalue weighted by Gasteiger charge is 2.48. The van der Waals surface area contributed by atoms with Gasteiger partial charge < -0.3 is 19.3 Å². The molecule has 0 radical (unpaired) electrons. The first-order valence-electron chi connectivity index (χ1n) is 14.6. The molecule has 0 bridgehead atoms. The van der Waals surface area contributed by atoms with E-state index in [4.69, 9.17) is 14.2 Å². The average Bonchev–Trinajstić information content (AvgIpc) is 3.68. The van der Waals surface area contributed by atoms with Crippen molar-refractivity contribution in [2.24, 2.45) is 0 Å². The van der Waals surface area contributed by atoms with E-state index in [0.717, 1.165) is 22.5 Å². The van der Waals surface area contributed by atoms with Crippen molar-refractivity contribution in [1.82, 2.24) is 10.2 Å². The smallest absolute Gasteiger partial charge is 0.301 e. The van der Waals surface area contributed by atoms with Gasteiger partial charge in [-0.1, -0.05) is 77.7 Å². The fourth-order valence-electron chi connectivity index (χ4n) is 5.29. The Balaban J connectivity index is 1.25. The normalized spacial score (nSPS) is 16.8. The van der Waals surface area contributed by atoms with Crippen LogP contribution in [0.15, 0.2) is 107 Å². The first-order chi connectivity index (χ1) is 22.9. The van der Waals surface area contributed by atoms with Gasteiger partial charge in [0.15, 0.2) is 15.8 Å². The third kappa shape index (κ3) is 6.42. The van der Waals surface area contributed by atoms with Gasteiger partial charge in [-0.3, -0.25) is 14.5 Å². The summed E-state index contributed by atoms with van der Waals surface area (Å²) in [5.74, 6) is -0.435. The number of fused-ring (bicyclic) bond motifs is 1. The highest BCUT2D eigenvalue weighted by atomic mass is 32.2. The van der Waals surface area contributed by atoms with Crippen molar-refractivity contribution in [3.05, 3.63) is 131 Å². The van der Waals surface area contributed by atoms with Gasteiger partial charge in [-0.2, -0.15) is 0 Å². The largest absolute Gasteiger partial charge is 0.507 e. The van der Waals surface area contributed by atoms with Gasteiger partial charge in [0.2, 0.25) is 5.13 Å². The third-order valence-electron chi connectivity index (χ3n) is 7.56. The number of carbonyl (C=O) groups is 2. The summed E-state index contributed by atoms with van der Waals surface area (Å²) >= 11 is 2.52. The molecule has 0 aliphatic carbocycles. The van der Waals surface area contributed by atoms with Gasteiger partial charge in [0.25, 0.3) is 5.78 Å². The molecule has 2 aliphatic heterocycles. The number of carbonyl (C=O) groups excluding carboxylic acids is 2. The van der Waals surface area contributed by atoms with Crippen molar-refractivity contribution < 1.29 is 33.3 Å². The fraction of sp³-hybridized carbons (Fsp3) is 0.143. The number of ketones is 1. The van der Waals surface area contributed by atoms with Crippen LogP contribution >= 0.6 is 23.1 Å². The van der Waals surface area contributed by atoms with Gasteiger partial charge in [0.05, 0.1) is 11.6 Å². The molecule has 1 saturated heterocycles. The number of benzene rings is 4. The second-order valence-corrected chi connectivity index (χ2v) is 12.8. The Kier molecular flexibility index (Phi) is 8.60. The van der Waals surface area contributed by atoms with Crippen LogP contribution in [-0.4, -0.2) is 40.2 Å². The van der Waals surface area contributed by atoms with Crippen LogP contribution in [0.3, 0.4) is 0 Å². The van der Waals surface area contributed by atoms with Crippen molar-refractivity contribution in [1.29, 1.82) is 0 Å². The van der Waals surface area contributed by atoms with Crippen LogP contribution in [0, 0.1) is 5.82 Å². The van der Waals surface area contributed by atoms with E-state index < -0.39 is 17.7 Å². The van der Waals surface area contributed by atoms with Crippen molar-refractivity contribution in [3.8, 4) is 17.2 Å². The Labute approximate surface area is 277 Å². The van der Waals surface area contributed by atoms with E-state index in [1.165, 1.54) is 28.8 Å². The second-order valence-electron chi connectivity index (χ2n) is 10.6. The summed E-state index contributed by atoms with van der Waals surface area (Å²) in [6.45, 7) is 1.06. The lowest BCUT2D eigenvalue weighted by molar-refractivity contribution is -0.132. The minimum absolute atomic E-state index is 0.109. The molecule has 0 spiro atoms. The molecule has 1 fully saturated rings. The maximum absolute atomic E-state index is 13.7. The van der Waals surface area contributed by atoms with Crippen molar-refractivity contribution >= 4 is 45.7 Å². The number of rotatable bonds is 9. The Hall–Kier alpha value is -5.20. The Morgan fingerprint density at radius 1 is 0.915 bits per heavy atom. The van der Waals surface area contributed by atoms with Crippen LogP contribution in [0.2, 0.25) is 0 Å². The summed E-state index contributed by atoms with van der Waals surface area (Å²) in [7, 11) is 0. The summed E-state index contributed by atoms with van der Waals surface area (Å²) < 4.78 is 31.3. The van der Waals surface area contributed by atoms with E-state index in [2.05, 4.69) is 10.2 Å². The number of halogens is 1. The molecule has 1 atom stereocenters. The first-order valence-corrected chi connectivity index (χ1v) is 16.4. The monoisotopic (exact) mass is 667 g/mol. The lowest BCUT2D eigenvalue weighted by Crippen LogP contribution is -2.29. The molecule has 7 rings (SSSR count). The molecule has 4 aromatic carbocycles. The molecule has 0 unspecified atom stereocenters. The van der Waals surface area contributed by atoms with E-state index in [1.807, 2.05) is 30.3 Å². The quantitative estimate of drug-likeness (QED) is 0.0587. The molecule has 0 saturated carbocycles. The maximum Gasteiger partial charge on any atom is 0.301 e. The number of ether oxygens (including phenoxy) is 3. The van der Waals surface area contributed by atoms with Gasteiger partial charge >= 0.3 is 5.91 Å². The van der Waals surface area contributed by atoms with Crippen LogP contribution < -0.4 is 19.1 Å². The van der Waals surface area contributed by atoms with Gasteiger partial charge in [0, 0.05) is 11.3 Å². The lowest BCUT2D eigenvalue weighted by Gasteiger charge is -2.23. The lowest BCUT2D eigenvalue weighted by atomic mass is 9.95. The molecule has 1 aromatic heterocycles. The predicted molar refractivity (Wildman–Crippen MR) is 175 cm³/mol. The van der Waals surface area contributed by atoms with E-state index >= 15 is 0 Å². The number of aliphatic hydroxyl groups excluding tert-OH is 1. The topological polar surface area (TPSA) is 111 Å². The average molecular weight is 668 g/mol. The van der Waals surface area contributed by atoms with Crippen molar-refractivity contribution in [3.63, 3.8) is 0 Å². The molecule has 9 nitrogen and oxygen atoms in total. The van der Waals surface area contributed by atoms with Crippen LogP contribution in [0.5, 0.6) is 17.2 Å². The minimum atomic E-state index is -1.04. The standard InChI is InChI=1S/C35H26FN3O6S2/c36-25-12-9-22(10-13-25)20-46-35-38-37-34(47-35)39-30(23-7-4-8-26(17-23)45-19-21-5-2-1-3-6-21)29(32(41)33(39)42)31(40)24-11-14-27-28(18-24)44-16-15-43-27/h1-14,17-18,30,40H,15-16,19-20H2/t30-/m1/s1. The Morgan fingerprint density at radius 3 is 2.51 bits per heavy atom. The van der Waals surface area contributed by atoms with Crippen molar-refractivity contribution in [2.45, 2.75) is 22.7 Å². The molecule has 1 N–H and O–H groups in total. The van der Waals surface area contributed by atoms with Crippen LogP contribution in [-0.2, 0) is 21.9 Å². The number of Topliss-reactive ketones (excluding diaryl/α,β-unsaturated/α-hetero) is 1. The molecule has 236 valence electrons. The summed E-state index contributed by atoms with van der Waals surface area (Å²) in [6, 6.07) is 26.7. The highest BCUT2D eigenvalue weighted by Crippen LogP contribution is 2.45. The minimum Gasteiger partial charge on any atom is -0.507 e. The molecule has 5 aromatic rings. The molecule has 2 aliphatic rings. The van der Waals surface area contributed by atoms with Gasteiger partial charge in [-0.15, -0.1) is 10.2 Å². The number of amides is 1. The first kappa shape index (κ1) is 30.5. The highest BCUT2D eigenvalue weighted by molar-refractivity contribution is 8.00. The molecule has 1 amide bonds. The molecule has 12 heteroatoms. The summed E-state index contributed by atoms with van der Waals surface area (Å²) in [5.41, 5.74) is 2.58. The molecule has 3 heterocycles. The zero-order chi connectivity index (χ0) is 32.3. The predicted octanol–water partition coefficient (Wildman–Crippen LogP) is 6.95. The zero-order valence-electron chi connectivity index (χ0n) is 24.7. The van der Waals surface area contributed by atoms with Gasteiger partial charge in [0.1, 0.15) is 37.1 Å². The fourth-order valence-corrected chi connectivity index (χ4v) is 7.11. The van der Waals surface area contributed by atoms with E-state index in [1.54, 1.807) is 54.6 Å². The maximum atomic E-state index is 13.7. The van der Waals surface area contributed by atoms with Crippen molar-refractivity contribution in [2.75, 3.05) is 18.1 Å². The number of thioether (sulfide) groups is 1. The Bertz CT molecular complexity index is 1980. The SMILES string of the molecule is O=C1C(=O)N(c2nnc(SCc3ccc(F)cc3)s2)[C@H](c2cccc(OCc3ccccc3)c2)C1=C(O)c1ccc2c(c1)OCCO2. The van der Waals surface area contributed by atoms with Crippen LogP contribution in [0.1, 0.15) is 28.3 Å². The van der Waals surface area contributed by atoms with Crippen LogP contribution in [0.25, 0.3) is 5.76 Å². The number of aromatic nitrogens is 2. The molecular formula is C35H26FN3O6S2. The number of nitrogens with zero attached hydrogens (tertiary/aromatic N) is 3. The number of anilines is 1. The number of hydrogen-bond donors (Lipinski definition) is 1. The van der Waals surface area contributed by atoms with Gasteiger partial charge in [-0.05, 0) is 59.2 Å².